The quantitative estimate of drug-likeness (QED) is 0.317. The number of benzene rings is 2. The molecule has 1 heterocycles. The van der Waals surface area contributed by atoms with Crippen molar-refractivity contribution >= 4 is 35.3 Å². The van der Waals surface area contributed by atoms with Crippen molar-refractivity contribution in [2.24, 2.45) is 0 Å². The molecule has 0 spiro atoms. The second kappa shape index (κ2) is 8.53. The topological polar surface area (TPSA) is 151 Å². The number of hydrogen-bond donors (Lipinski definition) is 1. The normalized spacial score (nSPS) is 15.1. The number of barbiturate groups is 1. The van der Waals surface area contributed by atoms with Crippen LogP contribution in [0, 0.1) is 10.1 Å². The van der Waals surface area contributed by atoms with Crippen LogP contribution >= 0.6 is 0 Å². The van der Waals surface area contributed by atoms with Gasteiger partial charge >= 0.3 is 6.03 Å². The van der Waals surface area contributed by atoms with Crippen molar-refractivity contribution in [1.29, 1.82) is 0 Å². The minimum absolute atomic E-state index is 0.00245. The maximum atomic E-state index is 12.9. The number of amides is 4. The Labute approximate surface area is 175 Å². The first-order chi connectivity index (χ1) is 14.8. The molecule has 11 nitrogen and oxygen atoms in total. The molecule has 2 aromatic rings. The second-order valence-corrected chi connectivity index (χ2v) is 6.21. The Kier molecular flexibility index (Phi) is 5.86. The molecule has 0 bridgehead atoms. The summed E-state index contributed by atoms with van der Waals surface area (Å²) in [4.78, 5) is 48.5. The van der Waals surface area contributed by atoms with Crippen molar-refractivity contribution in [3.05, 3.63) is 57.6 Å². The number of urea groups is 1. The molecule has 160 valence electrons. The third kappa shape index (κ3) is 4.15. The van der Waals surface area contributed by atoms with Crippen LogP contribution in [0.1, 0.15) is 12.5 Å². The zero-order valence-corrected chi connectivity index (χ0v) is 16.4. The lowest BCUT2D eigenvalue weighted by atomic mass is 10.1. The van der Waals surface area contributed by atoms with Gasteiger partial charge in [-0.05, 0) is 48.9 Å². The molecule has 0 atom stereocenters. The van der Waals surface area contributed by atoms with Gasteiger partial charge < -0.3 is 14.6 Å². The molecular formula is C20H16N3O8-. The fourth-order valence-electron chi connectivity index (χ4n) is 2.90. The Morgan fingerprint density at radius 2 is 1.84 bits per heavy atom. The predicted octanol–water partition coefficient (Wildman–Crippen LogP) is 1.74. The summed E-state index contributed by atoms with van der Waals surface area (Å²) < 4.78 is 10.2. The number of nitrogens with zero attached hydrogens (tertiary/aromatic N) is 2. The fraction of sp³-hybridized carbons (Fsp3) is 0.150. The van der Waals surface area contributed by atoms with E-state index in [9.17, 15) is 29.6 Å². The lowest BCUT2D eigenvalue weighted by Crippen LogP contribution is -2.54. The first kappa shape index (κ1) is 21.3. The third-order valence-corrected chi connectivity index (χ3v) is 4.29. The number of methoxy groups -OCH3 is 1. The van der Waals surface area contributed by atoms with Gasteiger partial charge in [0, 0.05) is 11.8 Å². The third-order valence-electron chi connectivity index (χ3n) is 4.29. The summed E-state index contributed by atoms with van der Waals surface area (Å²) in [7, 11) is 1.15. The highest BCUT2D eigenvalue weighted by atomic mass is 16.6. The Bertz CT molecular complexity index is 1110. The van der Waals surface area contributed by atoms with E-state index in [2.05, 4.69) is 0 Å². The van der Waals surface area contributed by atoms with Gasteiger partial charge in [0.2, 0.25) is 0 Å². The highest BCUT2D eigenvalue weighted by Crippen LogP contribution is 2.35. The minimum Gasteiger partial charge on any atom is -0.865 e. The van der Waals surface area contributed by atoms with Gasteiger partial charge in [-0.2, -0.15) is 0 Å². The smallest absolute Gasteiger partial charge is 0.335 e. The average Bonchev–Trinajstić information content (AvgIpc) is 2.73. The van der Waals surface area contributed by atoms with Gasteiger partial charge in [0.25, 0.3) is 17.5 Å². The number of ether oxygens (including phenoxy) is 2. The van der Waals surface area contributed by atoms with Crippen LogP contribution in [0.3, 0.4) is 0 Å². The van der Waals surface area contributed by atoms with Gasteiger partial charge in [-0.15, -0.1) is 0 Å². The van der Waals surface area contributed by atoms with Crippen molar-refractivity contribution in [2.75, 3.05) is 18.6 Å². The highest BCUT2D eigenvalue weighted by molar-refractivity contribution is 6.39. The molecule has 1 aliphatic rings. The molecule has 0 aromatic heterocycles. The molecule has 4 amide bonds. The van der Waals surface area contributed by atoms with Crippen LogP contribution in [0.5, 0.6) is 17.2 Å². The predicted molar refractivity (Wildman–Crippen MR) is 106 cm³/mol. The summed E-state index contributed by atoms with van der Waals surface area (Å²) in [6.45, 7) is 2.23. The van der Waals surface area contributed by atoms with Crippen molar-refractivity contribution in [1.82, 2.24) is 5.32 Å². The van der Waals surface area contributed by atoms with Crippen LogP contribution in [0.25, 0.3) is 6.08 Å². The summed E-state index contributed by atoms with van der Waals surface area (Å²) in [5.74, 6) is -2.67. The van der Waals surface area contributed by atoms with Crippen LogP contribution in [-0.2, 0) is 9.59 Å². The maximum Gasteiger partial charge on any atom is 0.335 e. The zero-order chi connectivity index (χ0) is 22.7. The Morgan fingerprint density at radius 3 is 2.42 bits per heavy atom. The van der Waals surface area contributed by atoms with Gasteiger partial charge in [-0.3, -0.25) is 25.0 Å². The number of nitrogens with one attached hydrogen (secondary N) is 1. The second-order valence-electron chi connectivity index (χ2n) is 6.21. The van der Waals surface area contributed by atoms with Crippen LogP contribution in [0.2, 0.25) is 0 Å². The average molecular weight is 426 g/mol. The molecule has 0 saturated carbocycles. The van der Waals surface area contributed by atoms with Gasteiger partial charge in [0.05, 0.1) is 24.3 Å². The van der Waals surface area contributed by atoms with E-state index in [1.165, 1.54) is 12.1 Å². The largest absolute Gasteiger partial charge is 0.865 e. The maximum absolute atomic E-state index is 12.9. The SMILES string of the molecule is CCOc1ccc(N2C(=O)NC(=O)/C(=C\c3cc(OC)c([O-])c([N+](=O)[O-])c3)C2=O)cc1. The number of nitro groups is 1. The number of rotatable bonds is 6. The highest BCUT2D eigenvalue weighted by Gasteiger charge is 2.37. The fourth-order valence-corrected chi connectivity index (χ4v) is 2.90. The van der Waals surface area contributed by atoms with E-state index in [4.69, 9.17) is 9.47 Å². The molecule has 11 heteroatoms. The van der Waals surface area contributed by atoms with E-state index in [-0.39, 0.29) is 17.0 Å². The van der Waals surface area contributed by atoms with E-state index in [1.54, 1.807) is 19.1 Å². The molecular weight excluding hydrogens is 410 g/mol. The Morgan fingerprint density at radius 1 is 1.16 bits per heavy atom. The first-order valence-corrected chi connectivity index (χ1v) is 8.94. The van der Waals surface area contributed by atoms with E-state index in [0.29, 0.717) is 12.4 Å². The lowest BCUT2D eigenvalue weighted by molar-refractivity contribution is -0.398. The monoisotopic (exact) mass is 426 g/mol. The molecule has 1 N–H and O–H groups in total. The van der Waals surface area contributed by atoms with E-state index >= 15 is 0 Å². The molecule has 1 saturated heterocycles. The summed E-state index contributed by atoms with van der Waals surface area (Å²) in [5, 5.41) is 25.2. The van der Waals surface area contributed by atoms with Gasteiger partial charge in [0.15, 0.2) is 0 Å². The van der Waals surface area contributed by atoms with Crippen molar-refractivity contribution in [3.8, 4) is 17.2 Å². The van der Waals surface area contributed by atoms with Crippen LogP contribution in [0.15, 0.2) is 42.0 Å². The van der Waals surface area contributed by atoms with Crippen molar-refractivity contribution < 1.29 is 33.9 Å². The Hall–Kier alpha value is -4.41. The standard InChI is InChI=1S/C20H17N3O8/c1-3-31-13-6-4-12(5-7-13)22-19(26)14(18(25)21-20(22)27)8-11-9-15(23(28)29)17(24)16(10-11)30-2/h4-10,24H,3H2,1-2H3,(H,21,25,27)/p-1/b14-8+. The molecule has 0 radical (unpaired) electrons. The van der Waals surface area contributed by atoms with E-state index in [0.717, 1.165) is 30.2 Å². The van der Waals surface area contributed by atoms with E-state index < -0.39 is 39.8 Å². The number of carbonyl (C=O) groups is 3. The Balaban J connectivity index is 2.03. The van der Waals surface area contributed by atoms with Crippen LogP contribution in [-0.4, -0.2) is 36.5 Å². The number of carbonyl (C=O) groups excluding carboxylic acids is 3. The molecule has 0 aliphatic carbocycles. The number of hydrogen-bond acceptors (Lipinski definition) is 8. The molecule has 31 heavy (non-hydrogen) atoms. The number of anilines is 1. The molecule has 2 aromatic carbocycles. The molecule has 3 rings (SSSR count). The summed E-state index contributed by atoms with van der Waals surface area (Å²) >= 11 is 0. The molecule has 1 fully saturated rings. The lowest BCUT2D eigenvalue weighted by Gasteiger charge is -2.26. The molecule has 1 aliphatic heterocycles. The summed E-state index contributed by atoms with van der Waals surface area (Å²) in [6, 6.07) is 7.17. The van der Waals surface area contributed by atoms with Crippen molar-refractivity contribution in [3.63, 3.8) is 0 Å². The van der Waals surface area contributed by atoms with E-state index in [1.807, 2.05) is 5.32 Å². The first-order valence-electron chi connectivity index (χ1n) is 8.94. The zero-order valence-electron chi connectivity index (χ0n) is 16.4. The van der Waals surface area contributed by atoms with Crippen molar-refractivity contribution in [2.45, 2.75) is 6.92 Å². The minimum atomic E-state index is -0.981. The van der Waals surface area contributed by atoms with Gasteiger partial charge in [0.1, 0.15) is 17.1 Å². The number of nitro benzene ring substituents is 1. The van der Waals surface area contributed by atoms with Crippen LogP contribution in [0.4, 0.5) is 16.2 Å². The summed E-state index contributed by atoms with van der Waals surface area (Å²) in [5.41, 5.74) is -1.05. The van der Waals surface area contributed by atoms with Gasteiger partial charge in [-0.25, -0.2) is 9.69 Å². The van der Waals surface area contributed by atoms with Gasteiger partial charge in [-0.1, -0.05) is 0 Å². The van der Waals surface area contributed by atoms with Crippen LogP contribution < -0.4 is 24.8 Å². The number of imide groups is 2. The summed E-state index contributed by atoms with van der Waals surface area (Å²) in [6.07, 6.45) is 1.04. The molecule has 0 unspecified atom stereocenters.